The standard InChI is InChI=1S/C15H19FN2O3/c1-9(14(19)18-11-4-2-3-5-11)21-15(20)12-7-6-10(17)8-13(12)16/h6-9,11H,2-5,17H2,1H3,(H,18,19). The third kappa shape index (κ3) is 3.93. The Morgan fingerprint density at radius 2 is 2.05 bits per heavy atom. The minimum atomic E-state index is -0.963. The van der Waals surface area contributed by atoms with Crippen LogP contribution in [0.25, 0.3) is 0 Å². The third-order valence-corrected chi connectivity index (χ3v) is 3.57. The van der Waals surface area contributed by atoms with Crippen LogP contribution in [0.4, 0.5) is 10.1 Å². The quantitative estimate of drug-likeness (QED) is 0.657. The Balaban J connectivity index is 1.93. The van der Waals surface area contributed by atoms with Crippen LogP contribution in [0, 0.1) is 5.82 Å². The van der Waals surface area contributed by atoms with E-state index in [2.05, 4.69) is 5.32 Å². The number of rotatable bonds is 4. The average molecular weight is 294 g/mol. The number of halogens is 1. The minimum absolute atomic E-state index is 0.145. The molecule has 1 aliphatic carbocycles. The predicted molar refractivity (Wildman–Crippen MR) is 76.1 cm³/mol. The van der Waals surface area contributed by atoms with Gasteiger partial charge in [0.05, 0.1) is 5.56 Å². The summed E-state index contributed by atoms with van der Waals surface area (Å²) in [5.41, 5.74) is 5.40. The zero-order chi connectivity index (χ0) is 15.4. The molecular weight excluding hydrogens is 275 g/mol. The van der Waals surface area contributed by atoms with E-state index in [9.17, 15) is 14.0 Å². The molecule has 1 aromatic rings. The van der Waals surface area contributed by atoms with E-state index in [1.807, 2.05) is 0 Å². The van der Waals surface area contributed by atoms with Gasteiger partial charge in [-0.3, -0.25) is 4.79 Å². The highest BCUT2D eigenvalue weighted by Gasteiger charge is 2.24. The molecule has 0 aromatic heterocycles. The highest BCUT2D eigenvalue weighted by molar-refractivity contribution is 5.92. The van der Waals surface area contributed by atoms with Crippen molar-refractivity contribution in [3.05, 3.63) is 29.6 Å². The Bertz CT molecular complexity index is 542. The van der Waals surface area contributed by atoms with Crippen LogP contribution in [0.3, 0.4) is 0 Å². The molecule has 0 aliphatic heterocycles. The summed E-state index contributed by atoms with van der Waals surface area (Å²) in [5, 5.41) is 2.83. The number of nitrogens with two attached hydrogens (primary N) is 1. The van der Waals surface area contributed by atoms with Crippen LogP contribution in [0.2, 0.25) is 0 Å². The molecule has 21 heavy (non-hydrogen) atoms. The van der Waals surface area contributed by atoms with E-state index in [-0.39, 0.29) is 23.2 Å². The van der Waals surface area contributed by atoms with Crippen LogP contribution in [-0.4, -0.2) is 24.0 Å². The van der Waals surface area contributed by atoms with Crippen molar-refractivity contribution in [2.24, 2.45) is 0 Å². The number of hydrogen-bond donors (Lipinski definition) is 2. The van der Waals surface area contributed by atoms with E-state index in [1.165, 1.54) is 19.1 Å². The monoisotopic (exact) mass is 294 g/mol. The topological polar surface area (TPSA) is 81.4 Å². The zero-order valence-corrected chi connectivity index (χ0v) is 11.9. The fourth-order valence-electron chi connectivity index (χ4n) is 2.36. The second kappa shape index (κ2) is 6.56. The Hall–Kier alpha value is -2.11. The minimum Gasteiger partial charge on any atom is -0.449 e. The number of carbonyl (C=O) groups excluding carboxylic acids is 2. The fourth-order valence-corrected chi connectivity index (χ4v) is 2.36. The van der Waals surface area contributed by atoms with E-state index in [4.69, 9.17) is 10.5 Å². The number of carbonyl (C=O) groups is 2. The molecule has 1 aliphatic rings. The second-order valence-electron chi connectivity index (χ2n) is 5.28. The van der Waals surface area contributed by atoms with Crippen LogP contribution in [0.5, 0.6) is 0 Å². The number of anilines is 1. The van der Waals surface area contributed by atoms with Crippen molar-refractivity contribution >= 4 is 17.6 Å². The van der Waals surface area contributed by atoms with Gasteiger partial charge in [0.1, 0.15) is 5.82 Å². The Morgan fingerprint density at radius 1 is 1.38 bits per heavy atom. The summed E-state index contributed by atoms with van der Waals surface area (Å²) in [5.74, 6) is -1.99. The number of amides is 1. The van der Waals surface area contributed by atoms with Gasteiger partial charge in [-0.1, -0.05) is 12.8 Å². The van der Waals surface area contributed by atoms with Crippen molar-refractivity contribution in [1.29, 1.82) is 0 Å². The van der Waals surface area contributed by atoms with E-state index in [0.29, 0.717) is 0 Å². The van der Waals surface area contributed by atoms with Crippen LogP contribution in [-0.2, 0) is 9.53 Å². The van der Waals surface area contributed by atoms with Gasteiger partial charge in [-0.15, -0.1) is 0 Å². The first-order valence-electron chi connectivity index (χ1n) is 7.03. The van der Waals surface area contributed by atoms with Crippen molar-refractivity contribution in [1.82, 2.24) is 5.32 Å². The smallest absolute Gasteiger partial charge is 0.341 e. The van der Waals surface area contributed by atoms with E-state index in [1.54, 1.807) is 0 Å². The maximum Gasteiger partial charge on any atom is 0.341 e. The number of ether oxygens (including phenoxy) is 1. The van der Waals surface area contributed by atoms with Gasteiger partial charge in [0, 0.05) is 11.7 Å². The Labute approximate surface area is 122 Å². The lowest BCUT2D eigenvalue weighted by Crippen LogP contribution is -2.40. The van der Waals surface area contributed by atoms with Crippen molar-refractivity contribution < 1.29 is 18.7 Å². The summed E-state index contributed by atoms with van der Waals surface area (Å²) in [6.07, 6.45) is 3.11. The largest absolute Gasteiger partial charge is 0.449 e. The van der Waals surface area contributed by atoms with Gasteiger partial charge in [0.15, 0.2) is 6.10 Å². The first kappa shape index (κ1) is 15.3. The van der Waals surface area contributed by atoms with Crippen LogP contribution in [0.15, 0.2) is 18.2 Å². The van der Waals surface area contributed by atoms with Crippen LogP contribution < -0.4 is 11.1 Å². The molecule has 1 saturated carbocycles. The number of benzene rings is 1. The molecule has 0 bridgehead atoms. The van der Waals surface area contributed by atoms with Crippen LogP contribution in [0.1, 0.15) is 43.0 Å². The highest BCUT2D eigenvalue weighted by atomic mass is 19.1. The molecular formula is C15H19FN2O3. The highest BCUT2D eigenvalue weighted by Crippen LogP contribution is 2.18. The molecule has 2 rings (SSSR count). The first-order chi connectivity index (χ1) is 9.97. The third-order valence-electron chi connectivity index (χ3n) is 3.57. The van der Waals surface area contributed by atoms with Gasteiger partial charge in [-0.05, 0) is 38.0 Å². The summed E-state index contributed by atoms with van der Waals surface area (Å²) in [4.78, 5) is 23.7. The molecule has 114 valence electrons. The van der Waals surface area contributed by atoms with Gasteiger partial charge in [0.2, 0.25) is 0 Å². The molecule has 5 nitrogen and oxygen atoms in total. The van der Waals surface area contributed by atoms with Gasteiger partial charge < -0.3 is 15.8 Å². The molecule has 0 radical (unpaired) electrons. The molecule has 3 N–H and O–H groups in total. The molecule has 0 heterocycles. The van der Waals surface area contributed by atoms with Gasteiger partial charge >= 0.3 is 5.97 Å². The SMILES string of the molecule is CC(OC(=O)c1ccc(N)cc1F)C(=O)NC1CCCC1. The Kier molecular flexibility index (Phi) is 4.77. The van der Waals surface area contributed by atoms with Crippen molar-refractivity contribution in [2.45, 2.75) is 44.8 Å². The average Bonchev–Trinajstić information content (AvgIpc) is 2.91. The number of hydrogen-bond acceptors (Lipinski definition) is 4. The summed E-state index contributed by atoms with van der Waals surface area (Å²) < 4.78 is 18.6. The molecule has 1 amide bonds. The van der Waals surface area contributed by atoms with Crippen molar-refractivity contribution in [2.75, 3.05) is 5.73 Å². The lowest BCUT2D eigenvalue weighted by molar-refractivity contribution is -0.129. The summed E-state index contributed by atoms with van der Waals surface area (Å²) >= 11 is 0. The number of esters is 1. The van der Waals surface area contributed by atoms with Gasteiger partial charge in [-0.2, -0.15) is 0 Å². The van der Waals surface area contributed by atoms with Crippen molar-refractivity contribution in [3.8, 4) is 0 Å². The molecule has 1 aromatic carbocycles. The zero-order valence-electron chi connectivity index (χ0n) is 11.9. The fraction of sp³-hybridized carbons (Fsp3) is 0.467. The lowest BCUT2D eigenvalue weighted by atomic mass is 10.2. The second-order valence-corrected chi connectivity index (χ2v) is 5.28. The van der Waals surface area contributed by atoms with Gasteiger partial charge in [0.25, 0.3) is 5.91 Å². The van der Waals surface area contributed by atoms with E-state index in [0.717, 1.165) is 31.7 Å². The molecule has 0 saturated heterocycles. The Morgan fingerprint density at radius 3 is 2.67 bits per heavy atom. The van der Waals surface area contributed by atoms with E-state index >= 15 is 0 Å². The molecule has 1 fully saturated rings. The van der Waals surface area contributed by atoms with Crippen molar-refractivity contribution in [3.63, 3.8) is 0 Å². The molecule has 1 unspecified atom stereocenters. The van der Waals surface area contributed by atoms with Crippen LogP contribution >= 0.6 is 0 Å². The summed E-state index contributed by atoms with van der Waals surface area (Å²) in [7, 11) is 0. The lowest BCUT2D eigenvalue weighted by Gasteiger charge is -2.17. The molecule has 1 atom stereocenters. The maximum atomic E-state index is 13.6. The molecule has 0 spiro atoms. The predicted octanol–water partition coefficient (Wildman–Crippen LogP) is 2.01. The first-order valence-corrected chi connectivity index (χ1v) is 7.03. The molecule has 6 heteroatoms. The van der Waals surface area contributed by atoms with E-state index < -0.39 is 17.9 Å². The number of nitrogens with one attached hydrogen (secondary N) is 1. The maximum absolute atomic E-state index is 13.6. The summed E-state index contributed by atoms with van der Waals surface area (Å²) in [6.45, 7) is 1.47. The normalized spacial score (nSPS) is 16.5. The number of nitrogen functional groups attached to an aromatic ring is 1. The summed E-state index contributed by atoms with van der Waals surface area (Å²) in [6, 6.07) is 3.84. The van der Waals surface area contributed by atoms with Gasteiger partial charge in [-0.25, -0.2) is 9.18 Å².